The average molecular weight is 282 g/mol. The minimum absolute atomic E-state index is 0.134. The Labute approximate surface area is 114 Å². The quantitative estimate of drug-likeness (QED) is 0.866. The zero-order chi connectivity index (χ0) is 13.0. The van der Waals surface area contributed by atoms with E-state index in [2.05, 4.69) is 10.2 Å². The molecule has 2 rings (SSSR count). The number of nitrogens with zero attached hydrogens (tertiary/aromatic N) is 3. The van der Waals surface area contributed by atoms with Gasteiger partial charge in [0.05, 0.1) is 0 Å². The van der Waals surface area contributed by atoms with Crippen molar-refractivity contribution in [1.82, 2.24) is 15.1 Å². The van der Waals surface area contributed by atoms with E-state index in [4.69, 9.17) is 11.6 Å². The molecular weight excluding hydrogens is 270 g/mol. The topological polar surface area (TPSA) is 46.1 Å². The van der Waals surface area contributed by atoms with Crippen LogP contribution >= 0.6 is 22.9 Å². The molecule has 1 aromatic heterocycles. The zero-order valence-electron chi connectivity index (χ0n) is 9.84. The van der Waals surface area contributed by atoms with Crippen molar-refractivity contribution >= 4 is 28.8 Å². The smallest absolute Gasteiger partial charge is 0.285 e. The third kappa shape index (κ3) is 3.05. The number of hydrogen-bond acceptors (Lipinski definition) is 4. The van der Waals surface area contributed by atoms with Crippen LogP contribution in [0, 0.1) is 0 Å². The number of aromatic nitrogens is 2. The lowest BCUT2D eigenvalue weighted by Gasteiger charge is -2.19. The first-order valence-electron chi connectivity index (χ1n) is 5.53. The number of halogens is 1. The summed E-state index contributed by atoms with van der Waals surface area (Å²) >= 11 is 6.79. The van der Waals surface area contributed by atoms with Gasteiger partial charge in [0, 0.05) is 13.1 Å². The second-order valence-corrected chi connectivity index (χ2v) is 5.22. The molecule has 0 aliphatic rings. The van der Waals surface area contributed by atoms with Crippen molar-refractivity contribution < 1.29 is 4.79 Å². The van der Waals surface area contributed by atoms with Crippen LogP contribution in [0.3, 0.4) is 0 Å². The van der Waals surface area contributed by atoms with Gasteiger partial charge in [-0.15, -0.1) is 10.2 Å². The van der Waals surface area contributed by atoms with E-state index in [0.717, 1.165) is 16.9 Å². The highest BCUT2D eigenvalue weighted by molar-refractivity contribution is 7.17. The molecular formula is C12H12ClN3OS. The molecule has 1 amide bonds. The van der Waals surface area contributed by atoms with E-state index in [1.54, 1.807) is 4.90 Å². The molecule has 0 aliphatic carbocycles. The number of carbonyl (C=O) groups is 1. The summed E-state index contributed by atoms with van der Waals surface area (Å²) in [5.41, 5.74) is 1.09. The Bertz CT molecular complexity index is 529. The van der Waals surface area contributed by atoms with E-state index in [0.29, 0.717) is 18.1 Å². The highest BCUT2D eigenvalue weighted by atomic mass is 35.5. The highest BCUT2D eigenvalue weighted by Gasteiger charge is 2.18. The number of carbonyl (C=O) groups excluding carboxylic acids is 1. The van der Waals surface area contributed by atoms with Crippen LogP contribution in [0.25, 0.3) is 0 Å². The van der Waals surface area contributed by atoms with Crippen molar-refractivity contribution in [3.8, 4) is 0 Å². The molecule has 0 aliphatic heterocycles. The van der Waals surface area contributed by atoms with Gasteiger partial charge in [0.2, 0.25) is 9.47 Å². The van der Waals surface area contributed by atoms with Gasteiger partial charge in [0.25, 0.3) is 5.91 Å². The van der Waals surface area contributed by atoms with Gasteiger partial charge in [0.1, 0.15) is 0 Å². The molecule has 0 bridgehead atoms. The standard InChI is InChI=1S/C12H12ClN3OS/c1-2-16(8-9-6-4-3-5-7-9)11(17)10-14-15-12(13)18-10/h3-7H,2,8H2,1H3. The predicted molar refractivity (Wildman–Crippen MR) is 71.8 cm³/mol. The Kier molecular flexibility index (Phi) is 4.28. The van der Waals surface area contributed by atoms with Crippen LogP contribution in [-0.2, 0) is 6.54 Å². The van der Waals surface area contributed by atoms with Gasteiger partial charge in [-0.3, -0.25) is 4.79 Å². The van der Waals surface area contributed by atoms with Crippen LogP contribution in [0.2, 0.25) is 4.47 Å². The number of amides is 1. The Morgan fingerprint density at radius 3 is 2.61 bits per heavy atom. The van der Waals surface area contributed by atoms with Gasteiger partial charge in [-0.2, -0.15) is 0 Å². The average Bonchev–Trinajstić information content (AvgIpc) is 2.83. The van der Waals surface area contributed by atoms with Gasteiger partial charge >= 0.3 is 0 Å². The lowest BCUT2D eigenvalue weighted by atomic mass is 10.2. The monoisotopic (exact) mass is 281 g/mol. The van der Waals surface area contributed by atoms with Crippen LogP contribution < -0.4 is 0 Å². The molecule has 94 valence electrons. The lowest BCUT2D eigenvalue weighted by molar-refractivity contribution is 0.0751. The van der Waals surface area contributed by atoms with Crippen LogP contribution in [0.1, 0.15) is 22.3 Å². The normalized spacial score (nSPS) is 10.3. The summed E-state index contributed by atoms with van der Waals surface area (Å²) in [6.07, 6.45) is 0. The van der Waals surface area contributed by atoms with Gasteiger partial charge in [-0.25, -0.2) is 0 Å². The van der Waals surface area contributed by atoms with Crippen molar-refractivity contribution in [3.63, 3.8) is 0 Å². The molecule has 0 spiro atoms. The van der Waals surface area contributed by atoms with Gasteiger partial charge in [0.15, 0.2) is 0 Å². The molecule has 0 N–H and O–H groups in total. The molecule has 0 unspecified atom stereocenters. The molecule has 0 saturated heterocycles. The van der Waals surface area contributed by atoms with Crippen molar-refractivity contribution in [2.45, 2.75) is 13.5 Å². The van der Waals surface area contributed by atoms with E-state index >= 15 is 0 Å². The summed E-state index contributed by atoms with van der Waals surface area (Å²) in [5.74, 6) is -0.134. The van der Waals surface area contributed by atoms with Crippen LogP contribution in [0.15, 0.2) is 30.3 Å². The number of benzene rings is 1. The van der Waals surface area contributed by atoms with E-state index in [-0.39, 0.29) is 10.4 Å². The fraction of sp³-hybridized carbons (Fsp3) is 0.250. The first-order chi connectivity index (χ1) is 8.70. The Morgan fingerprint density at radius 1 is 1.33 bits per heavy atom. The van der Waals surface area contributed by atoms with Gasteiger partial charge in [-0.05, 0) is 24.1 Å². The molecule has 0 fully saturated rings. The number of rotatable bonds is 4. The second kappa shape index (κ2) is 5.93. The molecule has 0 atom stereocenters. The third-order valence-corrected chi connectivity index (χ3v) is 3.48. The fourth-order valence-electron chi connectivity index (χ4n) is 1.56. The largest absolute Gasteiger partial charge is 0.332 e. The van der Waals surface area contributed by atoms with E-state index in [9.17, 15) is 4.79 Å². The van der Waals surface area contributed by atoms with Crippen LogP contribution in [-0.4, -0.2) is 27.5 Å². The Hall–Kier alpha value is -1.46. The molecule has 0 saturated carbocycles. The summed E-state index contributed by atoms with van der Waals surface area (Å²) in [5, 5.41) is 7.75. The maximum Gasteiger partial charge on any atom is 0.285 e. The van der Waals surface area contributed by atoms with Crippen molar-refractivity contribution in [1.29, 1.82) is 0 Å². The Morgan fingerprint density at radius 2 is 2.06 bits per heavy atom. The summed E-state index contributed by atoms with van der Waals surface area (Å²) in [4.78, 5) is 13.9. The molecule has 2 aromatic rings. The van der Waals surface area contributed by atoms with Crippen LogP contribution in [0.5, 0.6) is 0 Å². The molecule has 18 heavy (non-hydrogen) atoms. The molecule has 4 nitrogen and oxygen atoms in total. The first kappa shape index (κ1) is 13.0. The predicted octanol–water partition coefficient (Wildman–Crippen LogP) is 2.85. The summed E-state index contributed by atoms with van der Waals surface area (Å²) in [7, 11) is 0. The van der Waals surface area contributed by atoms with Crippen molar-refractivity contribution in [2.75, 3.05) is 6.54 Å². The zero-order valence-corrected chi connectivity index (χ0v) is 11.4. The van der Waals surface area contributed by atoms with Gasteiger partial charge < -0.3 is 4.90 Å². The maximum absolute atomic E-state index is 12.2. The Balaban J connectivity index is 2.12. The van der Waals surface area contributed by atoms with Crippen molar-refractivity contribution in [2.24, 2.45) is 0 Å². The SMILES string of the molecule is CCN(Cc1ccccc1)C(=O)c1nnc(Cl)s1. The highest BCUT2D eigenvalue weighted by Crippen LogP contribution is 2.17. The molecule has 1 aromatic carbocycles. The summed E-state index contributed by atoms with van der Waals surface area (Å²) in [6.45, 7) is 3.11. The van der Waals surface area contributed by atoms with E-state index < -0.39 is 0 Å². The molecule has 6 heteroatoms. The molecule has 1 heterocycles. The first-order valence-corrected chi connectivity index (χ1v) is 6.72. The van der Waals surface area contributed by atoms with Crippen molar-refractivity contribution in [3.05, 3.63) is 45.4 Å². The molecule has 0 radical (unpaired) electrons. The minimum Gasteiger partial charge on any atom is -0.332 e. The summed E-state index contributed by atoms with van der Waals surface area (Å²) in [6, 6.07) is 9.84. The maximum atomic E-state index is 12.2. The lowest BCUT2D eigenvalue weighted by Crippen LogP contribution is -2.30. The second-order valence-electron chi connectivity index (χ2n) is 3.67. The minimum atomic E-state index is -0.134. The summed E-state index contributed by atoms with van der Waals surface area (Å²) < 4.78 is 0.286. The van der Waals surface area contributed by atoms with E-state index in [1.807, 2.05) is 37.3 Å². The third-order valence-electron chi connectivity index (χ3n) is 2.47. The van der Waals surface area contributed by atoms with Gasteiger partial charge in [-0.1, -0.05) is 41.7 Å². The van der Waals surface area contributed by atoms with E-state index in [1.165, 1.54) is 0 Å². The van der Waals surface area contributed by atoms with Crippen LogP contribution in [0.4, 0.5) is 0 Å². The fourth-order valence-corrected chi connectivity index (χ4v) is 2.35. The number of hydrogen-bond donors (Lipinski definition) is 0.